The Labute approximate surface area is 129 Å². The van der Waals surface area contributed by atoms with Gasteiger partial charge in [0, 0.05) is 19.5 Å². The molecule has 4 N–H and O–H groups in total. The molecule has 120 valence electrons. The van der Waals surface area contributed by atoms with Crippen molar-refractivity contribution in [3.8, 4) is 0 Å². The van der Waals surface area contributed by atoms with Crippen molar-refractivity contribution >= 4 is 38.1 Å². The van der Waals surface area contributed by atoms with Crippen molar-refractivity contribution in [2.45, 2.75) is 38.0 Å². The van der Waals surface area contributed by atoms with E-state index in [4.69, 9.17) is 5.73 Å². The number of aromatic nitrogens is 1. The van der Waals surface area contributed by atoms with Crippen LogP contribution in [-0.2, 0) is 14.6 Å². The zero-order valence-corrected chi connectivity index (χ0v) is 13.9. The van der Waals surface area contributed by atoms with E-state index in [1.165, 1.54) is 0 Å². The predicted molar refractivity (Wildman–Crippen MR) is 85.3 cm³/mol. The lowest BCUT2D eigenvalue weighted by molar-refractivity contribution is -0.120. The Morgan fingerprint density at radius 1 is 1.29 bits per heavy atom. The first-order chi connectivity index (χ1) is 9.92. The zero-order chi connectivity index (χ0) is 15.9. The standard InChI is InChI=1S/C12H22N4O3S2/c1-3-6-14-9(17)5-7-15-12-10(11(13)16-20-12)21(18,19)8-4-2/h15H,3-8H2,1-2H3,(H2,13,16)(H,14,17). The van der Waals surface area contributed by atoms with Gasteiger partial charge in [-0.1, -0.05) is 13.8 Å². The highest BCUT2D eigenvalue weighted by Crippen LogP contribution is 2.32. The van der Waals surface area contributed by atoms with E-state index < -0.39 is 9.84 Å². The van der Waals surface area contributed by atoms with Crippen molar-refractivity contribution in [3.05, 3.63) is 0 Å². The summed E-state index contributed by atoms with van der Waals surface area (Å²) in [4.78, 5) is 11.5. The molecular weight excluding hydrogens is 312 g/mol. The van der Waals surface area contributed by atoms with Crippen LogP contribution in [0.3, 0.4) is 0 Å². The Kier molecular flexibility index (Phi) is 6.90. The zero-order valence-electron chi connectivity index (χ0n) is 12.3. The Bertz CT molecular complexity index is 569. The van der Waals surface area contributed by atoms with E-state index in [0.29, 0.717) is 24.5 Å². The van der Waals surface area contributed by atoms with Crippen LogP contribution in [0.15, 0.2) is 4.90 Å². The molecule has 1 heterocycles. The molecule has 0 aromatic carbocycles. The van der Waals surface area contributed by atoms with Crippen LogP contribution in [0, 0.1) is 0 Å². The van der Waals surface area contributed by atoms with Crippen LogP contribution in [-0.4, -0.2) is 37.5 Å². The molecular formula is C12H22N4O3S2. The van der Waals surface area contributed by atoms with E-state index in [2.05, 4.69) is 15.0 Å². The van der Waals surface area contributed by atoms with Crippen molar-refractivity contribution in [2.75, 3.05) is 29.9 Å². The highest BCUT2D eigenvalue weighted by molar-refractivity contribution is 7.91. The summed E-state index contributed by atoms with van der Waals surface area (Å²) in [5, 5.41) is 6.10. The molecule has 0 saturated carbocycles. The summed E-state index contributed by atoms with van der Waals surface area (Å²) < 4.78 is 28.2. The number of hydrogen-bond acceptors (Lipinski definition) is 7. The van der Waals surface area contributed by atoms with Crippen LogP contribution < -0.4 is 16.4 Å². The monoisotopic (exact) mass is 334 g/mol. The van der Waals surface area contributed by atoms with Gasteiger partial charge in [0.25, 0.3) is 0 Å². The molecule has 7 nitrogen and oxygen atoms in total. The number of nitrogens with one attached hydrogen (secondary N) is 2. The van der Waals surface area contributed by atoms with Crippen LogP contribution in [0.25, 0.3) is 0 Å². The number of nitrogens with zero attached hydrogens (tertiary/aromatic N) is 1. The minimum absolute atomic E-state index is 0.0198. The first-order valence-corrected chi connectivity index (χ1v) is 9.33. The third-order valence-electron chi connectivity index (χ3n) is 2.67. The maximum Gasteiger partial charge on any atom is 0.221 e. The summed E-state index contributed by atoms with van der Waals surface area (Å²) in [5.41, 5.74) is 5.66. The number of hydrogen-bond donors (Lipinski definition) is 3. The van der Waals surface area contributed by atoms with Crippen molar-refractivity contribution in [1.82, 2.24) is 9.69 Å². The number of nitrogen functional groups attached to an aromatic ring is 1. The van der Waals surface area contributed by atoms with Gasteiger partial charge < -0.3 is 16.4 Å². The minimum Gasteiger partial charge on any atom is -0.382 e. The number of anilines is 2. The Balaban J connectivity index is 2.67. The van der Waals surface area contributed by atoms with Crippen molar-refractivity contribution in [3.63, 3.8) is 0 Å². The van der Waals surface area contributed by atoms with Crippen LogP contribution in [0.2, 0.25) is 0 Å². The Morgan fingerprint density at radius 2 is 2.00 bits per heavy atom. The van der Waals surface area contributed by atoms with Gasteiger partial charge in [0.05, 0.1) is 5.75 Å². The molecule has 0 saturated heterocycles. The summed E-state index contributed by atoms with van der Waals surface area (Å²) in [6.07, 6.45) is 1.66. The second-order valence-corrected chi connectivity index (χ2v) is 7.39. The Morgan fingerprint density at radius 3 is 2.62 bits per heavy atom. The summed E-state index contributed by atoms with van der Waals surface area (Å²) in [6, 6.07) is 0. The second-order valence-electron chi connectivity index (χ2n) is 4.57. The number of rotatable bonds is 9. The van der Waals surface area contributed by atoms with Crippen LogP contribution in [0.5, 0.6) is 0 Å². The molecule has 9 heteroatoms. The fourth-order valence-corrected chi connectivity index (χ4v) is 4.37. The van der Waals surface area contributed by atoms with Crippen molar-refractivity contribution < 1.29 is 13.2 Å². The lowest BCUT2D eigenvalue weighted by Crippen LogP contribution is -2.26. The average molecular weight is 334 g/mol. The smallest absolute Gasteiger partial charge is 0.221 e. The van der Waals surface area contributed by atoms with Gasteiger partial charge >= 0.3 is 0 Å². The second kappa shape index (κ2) is 8.18. The number of carbonyl (C=O) groups is 1. The number of sulfone groups is 1. The first-order valence-electron chi connectivity index (χ1n) is 6.90. The van der Waals surface area contributed by atoms with Crippen LogP contribution in [0.1, 0.15) is 33.1 Å². The average Bonchev–Trinajstić information content (AvgIpc) is 2.78. The van der Waals surface area contributed by atoms with Crippen LogP contribution in [0.4, 0.5) is 10.8 Å². The van der Waals surface area contributed by atoms with Gasteiger partial charge in [-0.25, -0.2) is 8.42 Å². The van der Waals surface area contributed by atoms with Crippen LogP contribution >= 0.6 is 11.5 Å². The quantitative estimate of drug-likeness (QED) is 0.626. The van der Waals surface area contributed by atoms with Gasteiger partial charge in [0.1, 0.15) is 9.90 Å². The molecule has 1 aromatic rings. The van der Waals surface area contributed by atoms with E-state index in [1.54, 1.807) is 6.92 Å². The maximum atomic E-state index is 12.1. The summed E-state index contributed by atoms with van der Waals surface area (Å²) >= 11 is 1.00. The third kappa shape index (κ3) is 5.16. The van der Waals surface area contributed by atoms with Gasteiger partial charge in [-0.15, -0.1) is 0 Å². The molecule has 0 unspecified atom stereocenters. The third-order valence-corrected chi connectivity index (χ3v) is 5.60. The van der Waals surface area contributed by atoms with Crippen molar-refractivity contribution in [1.29, 1.82) is 0 Å². The molecule has 0 aliphatic heterocycles. The molecule has 21 heavy (non-hydrogen) atoms. The fraction of sp³-hybridized carbons (Fsp3) is 0.667. The molecule has 1 amide bonds. The summed E-state index contributed by atoms with van der Waals surface area (Å²) in [7, 11) is -3.43. The number of amides is 1. The number of nitrogens with two attached hydrogens (primary N) is 1. The van der Waals surface area contributed by atoms with Gasteiger partial charge in [-0.3, -0.25) is 4.79 Å². The largest absolute Gasteiger partial charge is 0.382 e. The molecule has 1 rings (SSSR count). The normalized spacial score (nSPS) is 11.3. The number of carbonyl (C=O) groups excluding carboxylic acids is 1. The highest BCUT2D eigenvalue weighted by Gasteiger charge is 2.24. The highest BCUT2D eigenvalue weighted by atomic mass is 32.2. The lowest BCUT2D eigenvalue weighted by atomic mass is 10.4. The van der Waals surface area contributed by atoms with E-state index in [-0.39, 0.29) is 28.8 Å². The molecule has 0 spiro atoms. The van der Waals surface area contributed by atoms with E-state index in [9.17, 15) is 13.2 Å². The molecule has 0 aliphatic rings. The summed E-state index contributed by atoms with van der Waals surface area (Å²) in [6.45, 7) is 4.75. The molecule has 0 fully saturated rings. The molecule has 0 aliphatic carbocycles. The summed E-state index contributed by atoms with van der Waals surface area (Å²) in [5.74, 6) is -0.0208. The SMILES string of the molecule is CCCNC(=O)CCNc1snc(N)c1S(=O)(=O)CCC. The van der Waals surface area contributed by atoms with E-state index >= 15 is 0 Å². The first kappa shape index (κ1) is 17.7. The fourth-order valence-electron chi connectivity index (χ4n) is 1.72. The van der Waals surface area contributed by atoms with E-state index in [1.807, 2.05) is 6.92 Å². The van der Waals surface area contributed by atoms with Gasteiger partial charge in [0.2, 0.25) is 5.91 Å². The Hall–Kier alpha value is -1.35. The molecule has 0 atom stereocenters. The van der Waals surface area contributed by atoms with Gasteiger partial charge in [0.15, 0.2) is 15.7 Å². The van der Waals surface area contributed by atoms with Gasteiger partial charge in [-0.2, -0.15) is 4.37 Å². The minimum atomic E-state index is -3.43. The van der Waals surface area contributed by atoms with Gasteiger partial charge in [-0.05, 0) is 24.4 Å². The maximum absolute atomic E-state index is 12.1. The lowest BCUT2D eigenvalue weighted by Gasteiger charge is -2.08. The molecule has 0 bridgehead atoms. The topological polar surface area (TPSA) is 114 Å². The van der Waals surface area contributed by atoms with E-state index in [0.717, 1.165) is 18.0 Å². The predicted octanol–water partition coefficient (Wildman–Crippen LogP) is 1.24. The molecule has 1 aromatic heterocycles. The van der Waals surface area contributed by atoms with Crippen molar-refractivity contribution in [2.24, 2.45) is 0 Å². The molecule has 0 radical (unpaired) electrons.